The Balaban J connectivity index is 3.60. The molecular weight excluding hydrogens is 128 g/mol. The molecule has 0 bridgehead atoms. The molecule has 0 saturated carbocycles. The number of hydrogen-bond donors (Lipinski definition) is 1. The minimum atomic E-state index is -0.481. The number of hydrogen-bond acceptors (Lipinski definition) is 2. The van der Waals surface area contributed by atoms with Crippen molar-refractivity contribution in [2.24, 2.45) is 0 Å². The van der Waals surface area contributed by atoms with Gasteiger partial charge in [-0.15, -0.1) is 0 Å². The van der Waals surface area contributed by atoms with E-state index in [0.29, 0.717) is 11.0 Å². The summed E-state index contributed by atoms with van der Waals surface area (Å²) in [6.07, 6.45) is -0.250. The molecule has 58 valence electrons. The molecule has 0 aromatic heterocycles. The van der Waals surface area contributed by atoms with E-state index in [1.54, 1.807) is 0 Å². The molecule has 0 aromatic rings. The number of aliphatic hydroxyl groups excluding tert-OH is 1. The van der Waals surface area contributed by atoms with Crippen molar-refractivity contribution < 1.29 is 9.59 Å². The number of nitrogens with zero attached hydrogens (tertiary/aromatic N) is 2. The lowest BCUT2D eigenvalue weighted by atomic mass is 10.2. The van der Waals surface area contributed by atoms with E-state index in [4.69, 9.17) is 10.4 Å². The molecule has 3 heteroatoms. The van der Waals surface area contributed by atoms with Crippen LogP contribution in [0, 0.1) is 11.3 Å². The predicted molar refractivity (Wildman–Crippen MR) is 39.1 cm³/mol. The van der Waals surface area contributed by atoms with Gasteiger partial charge in [0, 0.05) is 0 Å². The van der Waals surface area contributed by atoms with Crippen molar-refractivity contribution in [1.82, 2.24) is 0 Å². The van der Waals surface area contributed by atoms with Gasteiger partial charge in [0.2, 0.25) is 0 Å². The summed E-state index contributed by atoms with van der Waals surface area (Å²) in [5, 5.41) is 17.4. The Morgan fingerprint density at radius 3 is 2.30 bits per heavy atom. The highest BCUT2D eigenvalue weighted by atomic mass is 16.3. The Morgan fingerprint density at radius 1 is 1.50 bits per heavy atom. The van der Waals surface area contributed by atoms with Gasteiger partial charge in [0.25, 0.3) is 0 Å². The summed E-state index contributed by atoms with van der Waals surface area (Å²) in [5.41, 5.74) is 0. The van der Waals surface area contributed by atoms with Crippen LogP contribution in [0.2, 0.25) is 0 Å². The van der Waals surface area contributed by atoms with E-state index < -0.39 is 6.10 Å². The second-order valence-electron chi connectivity index (χ2n) is 3.49. The molecule has 0 amide bonds. The standard InChI is InChI=1S/C7H15N2O/c1-9(2,3)6-7(10)4-5-8/h7,10H,4,6H2,1-3H3/q+1/t7-/m1/s1. The van der Waals surface area contributed by atoms with Crippen LogP contribution in [0.3, 0.4) is 0 Å². The van der Waals surface area contributed by atoms with Crippen LogP contribution >= 0.6 is 0 Å². The number of likely N-dealkylation sites (N-methyl/N-ethyl adjacent to an activating group) is 1. The van der Waals surface area contributed by atoms with Gasteiger partial charge in [-0.05, 0) is 0 Å². The molecule has 0 aliphatic heterocycles. The Labute approximate surface area is 62.1 Å². The minimum absolute atomic E-state index is 0.232. The summed E-state index contributed by atoms with van der Waals surface area (Å²) >= 11 is 0. The number of quaternary nitrogens is 1. The Bertz CT molecular complexity index is 132. The van der Waals surface area contributed by atoms with E-state index in [-0.39, 0.29) is 6.42 Å². The van der Waals surface area contributed by atoms with Gasteiger partial charge >= 0.3 is 0 Å². The topological polar surface area (TPSA) is 44.0 Å². The van der Waals surface area contributed by atoms with Crippen molar-refractivity contribution in [3.8, 4) is 6.07 Å². The molecular formula is C7H15N2O+. The van der Waals surface area contributed by atoms with Crippen molar-refractivity contribution in [2.45, 2.75) is 12.5 Å². The lowest BCUT2D eigenvalue weighted by Gasteiger charge is -2.25. The lowest BCUT2D eigenvalue weighted by molar-refractivity contribution is -0.873. The monoisotopic (exact) mass is 143 g/mol. The predicted octanol–water partition coefficient (Wildman–Crippen LogP) is -0.0328. The molecule has 0 rings (SSSR count). The lowest BCUT2D eigenvalue weighted by Crippen LogP contribution is -2.41. The Hall–Kier alpha value is -0.590. The third kappa shape index (κ3) is 5.54. The highest BCUT2D eigenvalue weighted by Crippen LogP contribution is 1.97. The third-order valence-electron chi connectivity index (χ3n) is 1.09. The van der Waals surface area contributed by atoms with Crippen molar-refractivity contribution in [3.05, 3.63) is 0 Å². The minimum Gasteiger partial charge on any atom is -0.386 e. The van der Waals surface area contributed by atoms with Crippen LogP contribution in [-0.2, 0) is 0 Å². The van der Waals surface area contributed by atoms with Gasteiger partial charge in [-0.3, -0.25) is 0 Å². The van der Waals surface area contributed by atoms with E-state index in [1.165, 1.54) is 0 Å². The Kier molecular flexibility index (Phi) is 3.34. The highest BCUT2D eigenvalue weighted by molar-refractivity contribution is 4.74. The van der Waals surface area contributed by atoms with Crippen molar-refractivity contribution in [1.29, 1.82) is 5.26 Å². The smallest absolute Gasteiger partial charge is 0.116 e. The van der Waals surface area contributed by atoms with Gasteiger partial charge in [0.05, 0.1) is 33.6 Å². The fourth-order valence-corrected chi connectivity index (χ4v) is 0.802. The van der Waals surface area contributed by atoms with Crippen LogP contribution in [0.4, 0.5) is 0 Å². The molecule has 1 N–H and O–H groups in total. The van der Waals surface area contributed by atoms with E-state index in [2.05, 4.69) is 0 Å². The van der Waals surface area contributed by atoms with Gasteiger partial charge in [-0.25, -0.2) is 0 Å². The van der Waals surface area contributed by atoms with Crippen LogP contribution < -0.4 is 0 Å². The summed E-state index contributed by atoms with van der Waals surface area (Å²) in [6.45, 7) is 0.633. The second kappa shape index (κ2) is 3.55. The first-order valence-electron chi connectivity index (χ1n) is 3.31. The van der Waals surface area contributed by atoms with Gasteiger partial charge in [-0.1, -0.05) is 0 Å². The number of aliphatic hydroxyl groups is 1. The molecule has 0 radical (unpaired) electrons. The van der Waals surface area contributed by atoms with E-state index >= 15 is 0 Å². The zero-order valence-corrected chi connectivity index (χ0v) is 6.83. The molecule has 0 aromatic carbocycles. The summed E-state index contributed by atoms with van der Waals surface area (Å²) < 4.78 is 0.697. The molecule has 0 aliphatic rings. The quantitative estimate of drug-likeness (QED) is 0.564. The molecule has 0 spiro atoms. The Morgan fingerprint density at radius 2 is 2.00 bits per heavy atom. The summed E-state index contributed by atoms with van der Waals surface area (Å²) in [5.74, 6) is 0. The van der Waals surface area contributed by atoms with Crippen molar-refractivity contribution in [3.63, 3.8) is 0 Å². The first-order valence-corrected chi connectivity index (χ1v) is 3.31. The van der Waals surface area contributed by atoms with Crippen LogP contribution in [0.5, 0.6) is 0 Å². The van der Waals surface area contributed by atoms with E-state index in [1.807, 2.05) is 27.2 Å². The van der Waals surface area contributed by atoms with Gasteiger partial charge in [0.15, 0.2) is 0 Å². The van der Waals surface area contributed by atoms with Crippen LogP contribution in [0.15, 0.2) is 0 Å². The van der Waals surface area contributed by atoms with Gasteiger partial charge in [-0.2, -0.15) is 5.26 Å². The summed E-state index contributed by atoms with van der Waals surface area (Å²) in [4.78, 5) is 0. The first kappa shape index (κ1) is 9.41. The summed E-state index contributed by atoms with van der Waals surface area (Å²) in [7, 11) is 5.96. The summed E-state index contributed by atoms with van der Waals surface area (Å²) in [6, 6.07) is 1.93. The molecule has 3 nitrogen and oxygen atoms in total. The molecule has 0 saturated heterocycles. The largest absolute Gasteiger partial charge is 0.386 e. The molecule has 1 atom stereocenters. The SMILES string of the molecule is C[N+](C)(C)C[C@H](O)CC#N. The molecule has 0 heterocycles. The average molecular weight is 143 g/mol. The first-order chi connectivity index (χ1) is 4.45. The van der Waals surface area contributed by atoms with Crippen LogP contribution in [-0.4, -0.2) is 43.4 Å². The maximum Gasteiger partial charge on any atom is 0.116 e. The van der Waals surface area contributed by atoms with E-state index in [9.17, 15) is 0 Å². The van der Waals surface area contributed by atoms with Gasteiger partial charge < -0.3 is 9.59 Å². The zero-order chi connectivity index (χ0) is 8.20. The fourth-order valence-electron chi connectivity index (χ4n) is 0.802. The van der Waals surface area contributed by atoms with Crippen molar-refractivity contribution >= 4 is 0 Å². The maximum atomic E-state index is 9.15. The molecule has 0 fully saturated rings. The second-order valence-corrected chi connectivity index (χ2v) is 3.49. The third-order valence-corrected chi connectivity index (χ3v) is 1.09. The van der Waals surface area contributed by atoms with Crippen molar-refractivity contribution in [2.75, 3.05) is 27.7 Å². The normalized spacial score (nSPS) is 14.3. The maximum absolute atomic E-state index is 9.15. The number of nitriles is 1. The molecule has 0 aliphatic carbocycles. The van der Waals surface area contributed by atoms with E-state index in [0.717, 1.165) is 0 Å². The highest BCUT2D eigenvalue weighted by Gasteiger charge is 2.14. The average Bonchev–Trinajstić information content (AvgIpc) is 1.59. The molecule has 10 heavy (non-hydrogen) atoms. The van der Waals surface area contributed by atoms with Crippen LogP contribution in [0.1, 0.15) is 6.42 Å². The fraction of sp³-hybridized carbons (Fsp3) is 0.857. The molecule has 0 unspecified atom stereocenters. The van der Waals surface area contributed by atoms with Crippen LogP contribution in [0.25, 0.3) is 0 Å². The van der Waals surface area contributed by atoms with Gasteiger partial charge in [0.1, 0.15) is 12.6 Å². The zero-order valence-electron chi connectivity index (χ0n) is 6.83. The number of rotatable bonds is 3.